The van der Waals surface area contributed by atoms with E-state index in [0.717, 1.165) is 41.3 Å². The molecule has 0 fully saturated rings. The van der Waals surface area contributed by atoms with Crippen LogP contribution in [0.25, 0.3) is 22.0 Å². The molecule has 9 aromatic rings. The fourth-order valence-corrected chi connectivity index (χ4v) is 4.96. The van der Waals surface area contributed by atoms with Crippen molar-refractivity contribution in [2.75, 3.05) is 20.6 Å². The number of aromatic amines is 1. The SMILES string of the molecule is CC.CC.CC.CC.CC.CC.CC.CF.O=c1[nH]c2ccccc2o1.c1ccc2c(c1)CCO2.c1ccc2c(c1)OCO2.c1ccc2ncccc2c1.c1ccccc1.c1ccccc1.c1ccncc1. The number of ether oxygens (including phenoxy) is 3. The highest BCUT2D eigenvalue weighted by Crippen LogP contribution is 2.30. The summed E-state index contributed by atoms with van der Waals surface area (Å²) in [6.07, 6.45) is 6.39. The Hall–Kier alpha value is -7.52. The standard InChI is InChI=1S/C9H7N.C8H8O.C7H5NO2.C7H6O2.2C6H6.C5H5N.7C2H6.CH3F/c1-2-6-9-8(4-1)5-3-7-10-9;1-2-4-8-7(3-1)5-6-9-8;9-7-8-5-3-1-2-4-6(5)10-7;1-2-4-7-6(3-1)8-5-9-7;3*1-2-4-6-5-3-1;8*1-2/h1-7H;1-4H,5-6H2;1-4H,(H,8,9);1-4H,5H2;2*1-6H;1-5H;7*1-2H3;1H3. The number of nitrogens with one attached hydrogen (secondary N) is 1. The first kappa shape index (κ1) is 71.0. The molecular weight excluding hydrogens is 898 g/mol. The molecule has 2 aliphatic rings. The molecule has 0 saturated heterocycles. The quantitative estimate of drug-likeness (QED) is 0.162. The maximum Gasteiger partial charge on any atom is 0.417 e. The summed E-state index contributed by atoms with van der Waals surface area (Å²) in [5, 5.41) is 1.20. The van der Waals surface area contributed by atoms with Gasteiger partial charge in [-0.3, -0.25) is 19.3 Å². The number of hydrogen-bond acceptors (Lipinski definition) is 7. The van der Waals surface area contributed by atoms with E-state index in [1.807, 2.05) is 273 Å². The predicted molar refractivity (Wildman–Crippen MR) is 310 cm³/mol. The fraction of sp³-hybridized carbons (Fsp3) is 0.286. The molecule has 5 heterocycles. The minimum atomic E-state index is -0.402. The lowest BCUT2D eigenvalue weighted by atomic mass is 10.2. The number of aromatic nitrogens is 3. The van der Waals surface area contributed by atoms with Gasteiger partial charge in [-0.2, -0.15) is 0 Å². The van der Waals surface area contributed by atoms with E-state index in [1.165, 1.54) is 10.9 Å². The largest absolute Gasteiger partial charge is 0.493 e. The van der Waals surface area contributed by atoms with Gasteiger partial charge in [-0.05, 0) is 60.2 Å². The number of fused-ring (bicyclic) bond motifs is 4. The third-order valence-corrected chi connectivity index (χ3v) is 7.62. The Morgan fingerprint density at radius 1 is 0.417 bits per heavy atom. The number of halogens is 1. The van der Waals surface area contributed by atoms with Gasteiger partial charge in [-0.15, -0.1) is 0 Å². The molecule has 72 heavy (non-hydrogen) atoms. The number of H-pyrrole nitrogens is 1. The van der Waals surface area contributed by atoms with Crippen molar-refractivity contribution in [2.45, 2.75) is 103 Å². The Balaban J connectivity index is -0.000000360. The summed E-state index contributed by atoms with van der Waals surface area (Å²) in [6, 6.07) is 64.8. The van der Waals surface area contributed by atoms with Gasteiger partial charge in [-0.1, -0.05) is 243 Å². The number of nitrogens with zero attached hydrogens (tertiary/aromatic N) is 2. The topological polar surface area (TPSA) is 99.5 Å². The number of pyridine rings is 2. The van der Waals surface area contributed by atoms with Crippen LogP contribution in [0, 0.1) is 0 Å². The minimum absolute atomic E-state index is 0.360. The number of benzene rings is 6. The van der Waals surface area contributed by atoms with Crippen LogP contribution in [-0.2, 0) is 6.42 Å². The van der Waals surface area contributed by atoms with Crippen LogP contribution < -0.4 is 20.0 Å². The molecule has 6 aromatic carbocycles. The first-order valence-electron chi connectivity index (χ1n) is 25.4. The molecule has 1 N–H and O–H groups in total. The summed E-state index contributed by atoms with van der Waals surface area (Å²) < 4.78 is 29.7. The van der Waals surface area contributed by atoms with Crippen molar-refractivity contribution in [3.8, 4) is 17.2 Å². The van der Waals surface area contributed by atoms with Crippen LogP contribution in [0.1, 0.15) is 102 Å². The van der Waals surface area contributed by atoms with Crippen LogP contribution in [-0.4, -0.2) is 35.5 Å². The van der Waals surface area contributed by atoms with Gasteiger partial charge in [0, 0.05) is 30.4 Å². The molecule has 0 atom stereocenters. The fourth-order valence-electron chi connectivity index (χ4n) is 4.96. The molecule has 0 aliphatic carbocycles. The second-order valence-electron chi connectivity index (χ2n) is 11.6. The molecule has 0 bridgehead atoms. The van der Waals surface area contributed by atoms with E-state index in [4.69, 9.17) is 18.6 Å². The van der Waals surface area contributed by atoms with E-state index in [9.17, 15) is 9.18 Å². The highest BCUT2D eigenvalue weighted by Gasteiger charge is 2.10. The molecule has 0 amide bonds. The maximum absolute atomic E-state index is 10.6. The van der Waals surface area contributed by atoms with Crippen molar-refractivity contribution in [1.82, 2.24) is 15.0 Å². The van der Waals surface area contributed by atoms with Crippen LogP contribution in [0.3, 0.4) is 0 Å². The third-order valence-electron chi connectivity index (χ3n) is 7.62. The van der Waals surface area contributed by atoms with E-state index in [-0.39, 0.29) is 0 Å². The van der Waals surface area contributed by atoms with Gasteiger partial charge >= 0.3 is 5.76 Å². The molecule has 8 nitrogen and oxygen atoms in total. The summed E-state index contributed by atoms with van der Waals surface area (Å²) >= 11 is 0. The lowest BCUT2D eigenvalue weighted by Crippen LogP contribution is -1.92. The summed E-state index contributed by atoms with van der Waals surface area (Å²) in [4.78, 5) is 21.1. The number of hydrogen-bond donors (Lipinski definition) is 1. The normalized spacial score (nSPS) is 9.06. The Morgan fingerprint density at radius 3 is 1.25 bits per heavy atom. The third kappa shape index (κ3) is 35.6. The Bertz CT molecular complexity index is 2080. The smallest absolute Gasteiger partial charge is 0.417 e. The van der Waals surface area contributed by atoms with Crippen LogP contribution in [0.4, 0.5) is 4.39 Å². The van der Waals surface area contributed by atoms with Gasteiger partial charge in [-0.25, -0.2) is 4.79 Å². The van der Waals surface area contributed by atoms with E-state index in [1.54, 1.807) is 24.5 Å². The van der Waals surface area contributed by atoms with E-state index < -0.39 is 5.76 Å². The second-order valence-corrected chi connectivity index (χ2v) is 11.6. The zero-order valence-corrected chi connectivity index (χ0v) is 46.2. The predicted octanol–water partition coefficient (Wildman–Crippen LogP) is 18.6. The number of rotatable bonds is 0. The monoisotopic (exact) mass is 986 g/mol. The molecular formula is C63H88FN3O5. The van der Waals surface area contributed by atoms with Gasteiger partial charge in [0.1, 0.15) is 5.75 Å². The molecule has 0 spiro atoms. The molecule has 3 aromatic heterocycles. The molecule has 11 rings (SSSR count). The zero-order chi connectivity index (χ0) is 54.7. The van der Waals surface area contributed by atoms with Crippen LogP contribution in [0.15, 0.2) is 228 Å². The Morgan fingerprint density at radius 2 is 0.819 bits per heavy atom. The van der Waals surface area contributed by atoms with Gasteiger partial charge < -0.3 is 18.6 Å². The number of oxazole rings is 1. The first-order chi connectivity index (χ1) is 35.8. The van der Waals surface area contributed by atoms with E-state index >= 15 is 0 Å². The van der Waals surface area contributed by atoms with Crippen molar-refractivity contribution >= 4 is 22.0 Å². The van der Waals surface area contributed by atoms with Crippen molar-refractivity contribution < 1.29 is 23.0 Å². The number of alkyl halides is 1. The van der Waals surface area contributed by atoms with E-state index in [0.29, 0.717) is 19.6 Å². The van der Waals surface area contributed by atoms with Gasteiger partial charge in [0.05, 0.1) is 24.8 Å². The van der Waals surface area contributed by atoms with Crippen LogP contribution >= 0.6 is 0 Å². The summed E-state index contributed by atoms with van der Waals surface area (Å²) in [5.41, 5.74) is 3.75. The average molecular weight is 986 g/mol. The number of para-hydroxylation sites is 6. The second kappa shape index (κ2) is 57.8. The molecule has 0 radical (unpaired) electrons. The lowest BCUT2D eigenvalue weighted by Gasteiger charge is -1.93. The van der Waals surface area contributed by atoms with Crippen molar-refractivity contribution in [2.24, 2.45) is 0 Å². The highest BCUT2D eigenvalue weighted by atomic mass is 19.1. The van der Waals surface area contributed by atoms with Gasteiger partial charge in [0.25, 0.3) is 0 Å². The molecule has 0 saturated carbocycles. The summed E-state index contributed by atoms with van der Waals surface area (Å²) in [6.45, 7) is 29.2. The summed E-state index contributed by atoms with van der Waals surface area (Å²) in [7, 11) is 0.500. The van der Waals surface area contributed by atoms with Gasteiger partial charge in [0.2, 0.25) is 6.79 Å². The molecule has 0 unspecified atom stereocenters. The minimum Gasteiger partial charge on any atom is -0.493 e. The maximum atomic E-state index is 10.6. The van der Waals surface area contributed by atoms with Crippen molar-refractivity contribution in [3.05, 3.63) is 235 Å². The zero-order valence-electron chi connectivity index (χ0n) is 46.2. The molecule has 2 aliphatic heterocycles. The lowest BCUT2D eigenvalue weighted by molar-refractivity contribution is 0.174. The molecule has 392 valence electrons. The summed E-state index contributed by atoms with van der Waals surface area (Å²) in [5.74, 6) is 2.36. The molecule has 9 heteroatoms. The van der Waals surface area contributed by atoms with Crippen molar-refractivity contribution in [1.29, 1.82) is 0 Å². The van der Waals surface area contributed by atoms with Crippen LogP contribution in [0.2, 0.25) is 0 Å². The Labute approximate surface area is 434 Å². The van der Waals surface area contributed by atoms with Crippen molar-refractivity contribution in [3.63, 3.8) is 0 Å². The van der Waals surface area contributed by atoms with Crippen LogP contribution in [0.5, 0.6) is 17.2 Å². The van der Waals surface area contributed by atoms with Gasteiger partial charge in [0.15, 0.2) is 17.1 Å². The first-order valence-corrected chi connectivity index (χ1v) is 25.4. The van der Waals surface area contributed by atoms with E-state index in [2.05, 4.69) is 33.2 Å². The average Bonchev–Trinajstić information content (AvgIpc) is 4.30. The highest BCUT2D eigenvalue weighted by molar-refractivity contribution is 5.77. The Kier molecular flexibility index (Phi) is 57.0.